The molecular weight excluding hydrogens is 334 g/mol. The van der Waals surface area contributed by atoms with Gasteiger partial charge in [0, 0.05) is 26.7 Å². The molecule has 1 aromatic carbocycles. The molecule has 2 atom stereocenters. The van der Waals surface area contributed by atoms with Gasteiger partial charge in [0.25, 0.3) is 0 Å². The Kier molecular flexibility index (Phi) is 4.26. The summed E-state index contributed by atoms with van der Waals surface area (Å²) in [6.07, 6.45) is 3.05. The minimum absolute atomic E-state index is 0.0654. The van der Waals surface area contributed by atoms with Crippen LogP contribution in [0.3, 0.4) is 0 Å². The molecular formula is C16H18BrNOS. The van der Waals surface area contributed by atoms with E-state index in [1.165, 1.54) is 16.9 Å². The van der Waals surface area contributed by atoms with Gasteiger partial charge in [0.05, 0.1) is 6.10 Å². The summed E-state index contributed by atoms with van der Waals surface area (Å²) in [6, 6.07) is 10.2. The van der Waals surface area contributed by atoms with Crippen molar-refractivity contribution in [3.63, 3.8) is 0 Å². The maximum atomic E-state index is 10.7. The number of halogens is 1. The predicted molar refractivity (Wildman–Crippen MR) is 87.2 cm³/mol. The molecule has 0 saturated heterocycles. The summed E-state index contributed by atoms with van der Waals surface area (Å²) in [5, 5.41) is 10.7. The zero-order valence-corrected chi connectivity index (χ0v) is 13.6. The minimum atomic E-state index is -0.519. The van der Waals surface area contributed by atoms with E-state index in [-0.39, 0.29) is 5.92 Å². The molecule has 1 aliphatic rings. The molecule has 2 nitrogen and oxygen atoms in total. The fourth-order valence-electron chi connectivity index (χ4n) is 2.90. The van der Waals surface area contributed by atoms with Crippen LogP contribution in [-0.2, 0) is 12.8 Å². The van der Waals surface area contributed by atoms with Crippen molar-refractivity contribution in [2.24, 2.45) is 5.73 Å². The number of rotatable bonds is 4. The molecule has 2 unspecified atom stereocenters. The summed E-state index contributed by atoms with van der Waals surface area (Å²) < 4.78 is 1.01. The number of fused-ring (bicyclic) bond motifs is 1. The molecule has 4 heteroatoms. The third-order valence-electron chi connectivity index (χ3n) is 4.00. The zero-order valence-electron chi connectivity index (χ0n) is 11.2. The van der Waals surface area contributed by atoms with E-state index in [0.717, 1.165) is 27.8 Å². The van der Waals surface area contributed by atoms with E-state index in [1.54, 1.807) is 11.3 Å². The van der Waals surface area contributed by atoms with Crippen molar-refractivity contribution in [1.29, 1.82) is 0 Å². The summed E-state index contributed by atoms with van der Waals surface area (Å²) in [7, 11) is 0. The van der Waals surface area contributed by atoms with E-state index in [1.807, 2.05) is 24.3 Å². The quantitative estimate of drug-likeness (QED) is 0.880. The van der Waals surface area contributed by atoms with Crippen LogP contribution in [-0.4, -0.2) is 11.7 Å². The molecule has 0 radical (unpaired) electrons. The largest absolute Gasteiger partial charge is 0.387 e. The molecule has 0 bridgehead atoms. The van der Waals surface area contributed by atoms with Crippen molar-refractivity contribution >= 4 is 27.3 Å². The Morgan fingerprint density at radius 2 is 2.10 bits per heavy atom. The highest BCUT2D eigenvalue weighted by atomic mass is 79.9. The van der Waals surface area contributed by atoms with Gasteiger partial charge < -0.3 is 10.8 Å². The molecule has 20 heavy (non-hydrogen) atoms. The van der Waals surface area contributed by atoms with Gasteiger partial charge in [-0.25, -0.2) is 0 Å². The molecule has 3 rings (SSSR count). The second kappa shape index (κ2) is 5.98. The second-order valence-electron chi connectivity index (χ2n) is 5.26. The van der Waals surface area contributed by atoms with E-state index < -0.39 is 6.10 Å². The lowest BCUT2D eigenvalue weighted by molar-refractivity contribution is 0.151. The maximum Gasteiger partial charge on any atom is 0.0962 e. The SMILES string of the molecule is NCC(c1ccccc1Br)C(O)c1cc2c(s1)CCC2. The first-order valence-corrected chi connectivity index (χ1v) is 8.55. The third kappa shape index (κ3) is 2.58. The summed E-state index contributed by atoms with van der Waals surface area (Å²) in [4.78, 5) is 2.50. The number of aliphatic hydroxyl groups excluding tert-OH is 1. The van der Waals surface area contributed by atoms with Crippen molar-refractivity contribution in [2.75, 3.05) is 6.54 Å². The lowest BCUT2D eigenvalue weighted by Gasteiger charge is -2.22. The number of aryl methyl sites for hydroxylation is 2. The van der Waals surface area contributed by atoms with Crippen LogP contribution in [0.1, 0.15) is 39.3 Å². The molecule has 2 aromatic rings. The molecule has 0 aliphatic heterocycles. The summed E-state index contributed by atoms with van der Waals surface area (Å²) in [5.41, 5.74) is 8.43. The van der Waals surface area contributed by atoms with Crippen LogP contribution in [0.15, 0.2) is 34.8 Å². The predicted octanol–water partition coefficient (Wildman–Crippen LogP) is 3.78. The van der Waals surface area contributed by atoms with Gasteiger partial charge in [-0.3, -0.25) is 0 Å². The van der Waals surface area contributed by atoms with Crippen molar-refractivity contribution in [2.45, 2.75) is 31.3 Å². The summed E-state index contributed by atoms with van der Waals surface area (Å²) >= 11 is 5.31. The monoisotopic (exact) mass is 351 g/mol. The van der Waals surface area contributed by atoms with Crippen LogP contribution in [0.2, 0.25) is 0 Å². The number of nitrogens with two attached hydrogens (primary N) is 1. The van der Waals surface area contributed by atoms with Crippen LogP contribution >= 0.6 is 27.3 Å². The molecule has 0 amide bonds. The van der Waals surface area contributed by atoms with E-state index in [4.69, 9.17) is 5.73 Å². The van der Waals surface area contributed by atoms with Gasteiger partial charge in [-0.1, -0.05) is 34.1 Å². The normalized spacial score (nSPS) is 16.9. The van der Waals surface area contributed by atoms with Crippen molar-refractivity contribution in [3.8, 4) is 0 Å². The topological polar surface area (TPSA) is 46.2 Å². The number of aliphatic hydroxyl groups is 1. The Hall–Kier alpha value is -0.680. The number of thiophene rings is 1. The minimum Gasteiger partial charge on any atom is -0.387 e. The second-order valence-corrected chi connectivity index (χ2v) is 7.28. The Labute approximate surface area is 131 Å². The van der Waals surface area contributed by atoms with Crippen molar-refractivity contribution < 1.29 is 5.11 Å². The Balaban J connectivity index is 1.90. The molecule has 106 valence electrons. The van der Waals surface area contributed by atoms with E-state index in [9.17, 15) is 5.11 Å². The first-order valence-electron chi connectivity index (χ1n) is 6.94. The third-order valence-corrected chi connectivity index (χ3v) is 6.03. The first-order chi connectivity index (χ1) is 9.70. The standard InChI is InChI=1S/C16H18BrNOS/c17-13-6-2-1-5-11(13)12(9-18)16(19)15-8-10-4-3-7-14(10)20-15/h1-2,5-6,8,12,16,19H,3-4,7,9,18H2. The lowest BCUT2D eigenvalue weighted by Crippen LogP contribution is -2.20. The first kappa shape index (κ1) is 14.3. The molecule has 0 spiro atoms. The van der Waals surface area contributed by atoms with Gasteiger partial charge in [0.2, 0.25) is 0 Å². The van der Waals surface area contributed by atoms with Crippen LogP contribution in [0, 0.1) is 0 Å². The van der Waals surface area contributed by atoms with E-state index in [2.05, 4.69) is 22.0 Å². The Morgan fingerprint density at radius 1 is 1.30 bits per heavy atom. The van der Waals surface area contributed by atoms with Gasteiger partial charge in [-0.05, 0) is 42.5 Å². The molecule has 3 N–H and O–H groups in total. The highest BCUT2D eigenvalue weighted by molar-refractivity contribution is 9.10. The van der Waals surface area contributed by atoms with Crippen molar-refractivity contribution in [3.05, 3.63) is 55.7 Å². The van der Waals surface area contributed by atoms with Crippen LogP contribution in [0.5, 0.6) is 0 Å². The van der Waals surface area contributed by atoms with E-state index >= 15 is 0 Å². The Bertz CT molecular complexity index is 589. The smallest absolute Gasteiger partial charge is 0.0962 e. The lowest BCUT2D eigenvalue weighted by atomic mass is 9.92. The number of hydrogen-bond donors (Lipinski definition) is 2. The van der Waals surface area contributed by atoms with Crippen LogP contribution < -0.4 is 5.73 Å². The molecule has 0 fully saturated rings. The van der Waals surface area contributed by atoms with Gasteiger partial charge in [0.1, 0.15) is 0 Å². The number of hydrogen-bond acceptors (Lipinski definition) is 3. The van der Waals surface area contributed by atoms with Gasteiger partial charge in [-0.15, -0.1) is 11.3 Å². The fraction of sp³-hybridized carbons (Fsp3) is 0.375. The molecule has 1 aromatic heterocycles. The molecule has 1 heterocycles. The van der Waals surface area contributed by atoms with Gasteiger partial charge in [0.15, 0.2) is 0 Å². The molecule has 1 aliphatic carbocycles. The highest BCUT2D eigenvalue weighted by Gasteiger charge is 2.26. The average Bonchev–Trinajstić information content (AvgIpc) is 3.02. The van der Waals surface area contributed by atoms with Crippen LogP contribution in [0.4, 0.5) is 0 Å². The van der Waals surface area contributed by atoms with Gasteiger partial charge in [-0.2, -0.15) is 0 Å². The molecule has 0 saturated carbocycles. The average molecular weight is 352 g/mol. The maximum absolute atomic E-state index is 10.7. The summed E-state index contributed by atoms with van der Waals surface area (Å²) in [5.74, 6) is -0.0654. The van der Waals surface area contributed by atoms with Gasteiger partial charge >= 0.3 is 0 Å². The van der Waals surface area contributed by atoms with E-state index in [0.29, 0.717) is 6.54 Å². The summed E-state index contributed by atoms with van der Waals surface area (Å²) in [6.45, 7) is 0.437. The Morgan fingerprint density at radius 3 is 2.80 bits per heavy atom. The fourth-order valence-corrected chi connectivity index (χ4v) is 4.79. The highest BCUT2D eigenvalue weighted by Crippen LogP contribution is 2.40. The van der Waals surface area contributed by atoms with Crippen LogP contribution in [0.25, 0.3) is 0 Å². The van der Waals surface area contributed by atoms with Crippen molar-refractivity contribution in [1.82, 2.24) is 0 Å². The number of benzene rings is 1. The zero-order chi connectivity index (χ0) is 14.1.